The third-order valence-corrected chi connectivity index (χ3v) is 6.70. The molecule has 1 aromatic carbocycles. The highest BCUT2D eigenvalue weighted by Crippen LogP contribution is 2.46. The summed E-state index contributed by atoms with van der Waals surface area (Å²) in [6.45, 7) is 3.04. The number of rotatable bonds is 6. The minimum atomic E-state index is -0.267. The molecular weight excluding hydrogens is 392 g/mol. The van der Waals surface area contributed by atoms with Crippen LogP contribution in [0.1, 0.15) is 37.7 Å². The van der Waals surface area contributed by atoms with Crippen LogP contribution in [0.5, 0.6) is 0 Å². The number of aromatic nitrogens is 2. The van der Waals surface area contributed by atoms with Crippen molar-refractivity contribution >= 4 is 29.1 Å². The van der Waals surface area contributed by atoms with E-state index in [1.54, 1.807) is 0 Å². The Hall–Kier alpha value is -3.16. The largest absolute Gasteiger partial charge is 0.355 e. The molecule has 1 aliphatic carbocycles. The van der Waals surface area contributed by atoms with E-state index in [0.717, 1.165) is 36.0 Å². The Balaban J connectivity index is 1.10. The van der Waals surface area contributed by atoms with Gasteiger partial charge in [0.15, 0.2) is 0 Å². The lowest BCUT2D eigenvalue weighted by molar-refractivity contribution is -0.126. The van der Waals surface area contributed by atoms with Gasteiger partial charge in [-0.15, -0.1) is 0 Å². The molecular formula is C23H28N6O2. The minimum absolute atomic E-state index is 0.0600. The van der Waals surface area contributed by atoms with Crippen molar-refractivity contribution in [3.63, 3.8) is 0 Å². The molecule has 3 N–H and O–H groups in total. The van der Waals surface area contributed by atoms with Crippen molar-refractivity contribution < 1.29 is 9.59 Å². The molecule has 1 saturated carbocycles. The number of hydrogen-bond donors (Lipinski definition) is 3. The third-order valence-electron chi connectivity index (χ3n) is 6.70. The number of nitrogens with zero attached hydrogens (tertiary/aromatic N) is 3. The topological polar surface area (TPSA) is 99.2 Å². The summed E-state index contributed by atoms with van der Waals surface area (Å²) in [6, 6.07) is 7.87. The zero-order chi connectivity index (χ0) is 21.3. The van der Waals surface area contributed by atoms with E-state index < -0.39 is 0 Å². The number of carbonyl (C=O) groups excluding carboxylic acids is 2. The van der Waals surface area contributed by atoms with Crippen LogP contribution in [-0.4, -0.2) is 41.4 Å². The smallest absolute Gasteiger partial charge is 0.225 e. The second-order valence-corrected chi connectivity index (χ2v) is 9.08. The monoisotopic (exact) mass is 420 g/mol. The van der Waals surface area contributed by atoms with Crippen molar-refractivity contribution in [2.24, 2.45) is 11.3 Å². The fourth-order valence-corrected chi connectivity index (χ4v) is 4.89. The number of benzene rings is 1. The highest BCUT2D eigenvalue weighted by atomic mass is 16.2. The van der Waals surface area contributed by atoms with E-state index in [-0.39, 0.29) is 24.2 Å². The maximum absolute atomic E-state index is 12.1. The van der Waals surface area contributed by atoms with Gasteiger partial charge in [-0.3, -0.25) is 9.59 Å². The van der Waals surface area contributed by atoms with Crippen LogP contribution in [0.15, 0.2) is 36.7 Å². The van der Waals surface area contributed by atoms with Gasteiger partial charge >= 0.3 is 0 Å². The zero-order valence-electron chi connectivity index (χ0n) is 17.6. The maximum Gasteiger partial charge on any atom is 0.225 e. The Morgan fingerprint density at radius 3 is 2.45 bits per heavy atom. The lowest BCUT2D eigenvalue weighted by Gasteiger charge is -2.48. The van der Waals surface area contributed by atoms with Gasteiger partial charge in [0.05, 0.1) is 24.0 Å². The first-order valence-corrected chi connectivity index (χ1v) is 11.1. The molecule has 3 heterocycles. The number of hydrogen-bond acceptors (Lipinski definition) is 6. The van der Waals surface area contributed by atoms with Crippen molar-refractivity contribution in [1.29, 1.82) is 0 Å². The summed E-state index contributed by atoms with van der Waals surface area (Å²) in [5, 5.41) is 8.91. The summed E-state index contributed by atoms with van der Waals surface area (Å²) >= 11 is 0. The number of anilines is 3. The molecule has 8 heteroatoms. The number of nitrogens with one attached hydrogen (secondary N) is 3. The molecule has 8 nitrogen and oxygen atoms in total. The van der Waals surface area contributed by atoms with E-state index in [4.69, 9.17) is 0 Å². The highest BCUT2D eigenvalue weighted by molar-refractivity contribution is 5.89. The minimum Gasteiger partial charge on any atom is -0.355 e. The first kappa shape index (κ1) is 19.8. The Morgan fingerprint density at radius 2 is 1.81 bits per heavy atom. The third kappa shape index (κ3) is 4.33. The van der Waals surface area contributed by atoms with Gasteiger partial charge in [0.1, 0.15) is 0 Å². The molecule has 0 radical (unpaired) electrons. The lowest BCUT2D eigenvalue weighted by atomic mass is 9.78. The Bertz CT molecular complexity index is 945. The SMILES string of the molecule is O=C1CC(C(=O)NCc2ccc(Nc3cnc(N4CC5(CCCC5)C4)nc3)cc2)CN1. The van der Waals surface area contributed by atoms with Crippen molar-refractivity contribution in [3.05, 3.63) is 42.2 Å². The summed E-state index contributed by atoms with van der Waals surface area (Å²) in [5.41, 5.74) is 3.32. The molecule has 1 atom stereocenters. The first-order valence-electron chi connectivity index (χ1n) is 11.1. The van der Waals surface area contributed by atoms with E-state index in [0.29, 0.717) is 18.5 Å². The molecule has 3 aliphatic rings. The summed E-state index contributed by atoms with van der Waals surface area (Å²) in [7, 11) is 0. The van der Waals surface area contributed by atoms with E-state index >= 15 is 0 Å². The molecule has 1 unspecified atom stereocenters. The van der Waals surface area contributed by atoms with Crippen molar-refractivity contribution in [2.45, 2.75) is 38.6 Å². The van der Waals surface area contributed by atoms with Gasteiger partial charge in [0.2, 0.25) is 17.8 Å². The van der Waals surface area contributed by atoms with Crippen LogP contribution in [0, 0.1) is 11.3 Å². The highest BCUT2D eigenvalue weighted by Gasteiger charge is 2.45. The van der Waals surface area contributed by atoms with Gasteiger partial charge in [-0.1, -0.05) is 25.0 Å². The average Bonchev–Trinajstić information content (AvgIpc) is 3.42. The Morgan fingerprint density at radius 1 is 1.10 bits per heavy atom. The van der Waals surface area contributed by atoms with Crippen LogP contribution < -0.4 is 20.9 Å². The van der Waals surface area contributed by atoms with E-state index in [2.05, 4.69) is 30.8 Å². The van der Waals surface area contributed by atoms with Gasteiger partial charge in [0.25, 0.3) is 0 Å². The molecule has 2 aromatic rings. The van der Waals surface area contributed by atoms with E-state index in [9.17, 15) is 9.59 Å². The van der Waals surface area contributed by atoms with Crippen LogP contribution in [0.3, 0.4) is 0 Å². The van der Waals surface area contributed by atoms with Gasteiger partial charge in [-0.25, -0.2) is 9.97 Å². The lowest BCUT2D eigenvalue weighted by Crippen LogP contribution is -2.55. The number of carbonyl (C=O) groups is 2. The molecule has 2 amide bonds. The van der Waals surface area contributed by atoms with Gasteiger partial charge in [-0.05, 0) is 30.5 Å². The predicted octanol–water partition coefficient (Wildman–Crippen LogP) is 2.35. The molecule has 2 aliphatic heterocycles. The molecule has 0 bridgehead atoms. The standard InChI is InChI=1S/C23H28N6O2/c30-20-9-17(11-24-20)21(31)25-10-16-3-5-18(6-4-16)28-19-12-26-22(27-13-19)29-14-23(15-29)7-1-2-8-23/h3-6,12-13,17,28H,1-2,7-11,14-15H2,(H,24,30)(H,25,31). The molecule has 1 aromatic heterocycles. The van der Waals surface area contributed by atoms with E-state index in [1.807, 2.05) is 36.7 Å². The van der Waals surface area contributed by atoms with Crippen LogP contribution >= 0.6 is 0 Å². The average molecular weight is 421 g/mol. The predicted molar refractivity (Wildman–Crippen MR) is 118 cm³/mol. The quantitative estimate of drug-likeness (QED) is 0.664. The summed E-state index contributed by atoms with van der Waals surface area (Å²) < 4.78 is 0. The van der Waals surface area contributed by atoms with Gasteiger partial charge in [0, 0.05) is 43.7 Å². The van der Waals surface area contributed by atoms with Crippen LogP contribution in [0.4, 0.5) is 17.3 Å². The molecule has 5 rings (SSSR count). The Kier molecular flexibility index (Phi) is 5.21. The first-order chi connectivity index (χ1) is 15.1. The zero-order valence-corrected chi connectivity index (χ0v) is 17.6. The summed E-state index contributed by atoms with van der Waals surface area (Å²) in [6.07, 6.45) is 9.35. The van der Waals surface area contributed by atoms with Crippen molar-refractivity contribution in [1.82, 2.24) is 20.6 Å². The second-order valence-electron chi connectivity index (χ2n) is 9.08. The second kappa shape index (κ2) is 8.17. The fraction of sp³-hybridized carbons (Fsp3) is 0.478. The van der Waals surface area contributed by atoms with Gasteiger partial charge < -0.3 is 20.9 Å². The summed E-state index contributed by atoms with van der Waals surface area (Å²) in [4.78, 5) is 34.7. The normalized spacial score (nSPS) is 21.6. The number of amides is 2. The van der Waals surface area contributed by atoms with Crippen LogP contribution in [-0.2, 0) is 16.1 Å². The molecule has 1 spiro atoms. The fourth-order valence-electron chi connectivity index (χ4n) is 4.89. The molecule has 31 heavy (non-hydrogen) atoms. The van der Waals surface area contributed by atoms with Crippen LogP contribution in [0.2, 0.25) is 0 Å². The summed E-state index contributed by atoms with van der Waals surface area (Å²) in [5.74, 6) is 0.402. The molecule has 3 fully saturated rings. The molecule has 162 valence electrons. The van der Waals surface area contributed by atoms with Crippen molar-refractivity contribution in [2.75, 3.05) is 29.9 Å². The van der Waals surface area contributed by atoms with E-state index in [1.165, 1.54) is 25.7 Å². The molecule has 2 saturated heterocycles. The Labute approximate surface area is 181 Å². The van der Waals surface area contributed by atoms with Gasteiger partial charge in [-0.2, -0.15) is 0 Å². The maximum atomic E-state index is 12.1. The van der Waals surface area contributed by atoms with Crippen LogP contribution in [0.25, 0.3) is 0 Å². The van der Waals surface area contributed by atoms with Crippen molar-refractivity contribution in [3.8, 4) is 0 Å².